The fraction of sp³-hybridized carbons (Fsp3) is 0.462. The van der Waals surface area contributed by atoms with E-state index >= 15 is 0 Å². The van der Waals surface area contributed by atoms with Crippen LogP contribution in [-0.4, -0.2) is 27.7 Å². The van der Waals surface area contributed by atoms with Crippen molar-refractivity contribution in [2.75, 3.05) is 18.6 Å². The first-order chi connectivity index (χ1) is 9.19. The summed E-state index contributed by atoms with van der Waals surface area (Å²) in [5.41, 5.74) is 7.37. The molecular weight excluding hydrogens is 265 g/mol. The minimum absolute atomic E-state index is 0.229. The van der Waals surface area contributed by atoms with Crippen molar-refractivity contribution >= 4 is 28.7 Å². The molecule has 1 aliphatic heterocycles. The third kappa shape index (κ3) is 2.25. The lowest BCUT2D eigenvalue weighted by Gasteiger charge is -2.12. The highest BCUT2D eigenvalue weighted by molar-refractivity contribution is 8.00. The lowest BCUT2D eigenvalue weighted by molar-refractivity contribution is 0.387. The van der Waals surface area contributed by atoms with Crippen molar-refractivity contribution in [3.8, 4) is 5.75 Å². The maximum atomic E-state index is 13.6. The van der Waals surface area contributed by atoms with E-state index in [4.69, 9.17) is 10.5 Å². The number of methoxy groups -OCH3 is 1. The summed E-state index contributed by atoms with van der Waals surface area (Å²) in [6.07, 6.45) is 2.45. The molecular formula is C13H16FN3OS. The van der Waals surface area contributed by atoms with Crippen LogP contribution in [0.15, 0.2) is 12.1 Å². The maximum Gasteiger partial charge on any atom is 0.201 e. The van der Waals surface area contributed by atoms with Crippen LogP contribution in [0.1, 0.15) is 12.8 Å². The van der Waals surface area contributed by atoms with Gasteiger partial charge in [-0.25, -0.2) is 9.37 Å². The molecule has 3 rings (SSSR count). The number of hydrogen-bond acceptors (Lipinski definition) is 4. The molecule has 2 N–H and O–H groups in total. The van der Waals surface area contributed by atoms with Gasteiger partial charge < -0.3 is 15.0 Å². The van der Waals surface area contributed by atoms with Gasteiger partial charge in [-0.1, -0.05) is 0 Å². The average molecular weight is 281 g/mol. The molecule has 19 heavy (non-hydrogen) atoms. The number of nitrogen functional groups attached to an aromatic ring is 1. The summed E-state index contributed by atoms with van der Waals surface area (Å²) in [6.45, 7) is 0.821. The Balaban J connectivity index is 2.04. The SMILES string of the molecule is COc1cc2c(cc1F)nc(N)n2CC1CCCS1. The van der Waals surface area contributed by atoms with Crippen molar-refractivity contribution in [3.63, 3.8) is 0 Å². The molecule has 4 nitrogen and oxygen atoms in total. The Kier molecular flexibility index (Phi) is 3.26. The lowest BCUT2D eigenvalue weighted by atomic mass is 10.2. The number of anilines is 1. The van der Waals surface area contributed by atoms with Crippen LogP contribution in [0.2, 0.25) is 0 Å². The number of halogens is 1. The van der Waals surface area contributed by atoms with Crippen LogP contribution in [0.25, 0.3) is 11.0 Å². The Morgan fingerprint density at radius 1 is 1.58 bits per heavy atom. The second-order valence-corrected chi connectivity index (χ2v) is 6.10. The van der Waals surface area contributed by atoms with Crippen LogP contribution in [0, 0.1) is 5.82 Å². The minimum Gasteiger partial charge on any atom is -0.494 e. The van der Waals surface area contributed by atoms with Crippen LogP contribution in [0.3, 0.4) is 0 Å². The molecule has 1 aliphatic rings. The zero-order valence-electron chi connectivity index (χ0n) is 10.7. The maximum absolute atomic E-state index is 13.6. The quantitative estimate of drug-likeness (QED) is 0.939. The Morgan fingerprint density at radius 2 is 2.42 bits per heavy atom. The summed E-state index contributed by atoms with van der Waals surface area (Å²) in [6, 6.07) is 3.05. The van der Waals surface area contributed by atoms with E-state index < -0.39 is 5.82 Å². The van der Waals surface area contributed by atoms with Crippen molar-refractivity contribution in [3.05, 3.63) is 17.9 Å². The second-order valence-electron chi connectivity index (χ2n) is 4.69. The lowest BCUT2D eigenvalue weighted by Crippen LogP contribution is -2.12. The van der Waals surface area contributed by atoms with Crippen molar-refractivity contribution in [2.45, 2.75) is 24.6 Å². The third-order valence-corrected chi connectivity index (χ3v) is 4.84. The Morgan fingerprint density at radius 3 is 3.11 bits per heavy atom. The number of hydrogen-bond donors (Lipinski definition) is 1. The van der Waals surface area contributed by atoms with Gasteiger partial charge in [0, 0.05) is 23.9 Å². The summed E-state index contributed by atoms with van der Waals surface area (Å²) in [5.74, 6) is 1.47. The van der Waals surface area contributed by atoms with E-state index in [-0.39, 0.29) is 5.75 Å². The van der Waals surface area contributed by atoms with Gasteiger partial charge in [0.2, 0.25) is 5.95 Å². The Bertz CT molecular complexity index is 607. The molecule has 0 amide bonds. The molecule has 2 aromatic rings. The zero-order chi connectivity index (χ0) is 13.4. The van der Waals surface area contributed by atoms with Gasteiger partial charge in [0.1, 0.15) is 0 Å². The predicted molar refractivity (Wildman–Crippen MR) is 76.1 cm³/mol. The molecule has 1 fully saturated rings. The van der Waals surface area contributed by atoms with Gasteiger partial charge in [-0.15, -0.1) is 0 Å². The van der Waals surface area contributed by atoms with Crippen LogP contribution in [0.4, 0.5) is 10.3 Å². The van der Waals surface area contributed by atoms with E-state index in [1.165, 1.54) is 31.8 Å². The molecule has 6 heteroatoms. The first-order valence-corrected chi connectivity index (χ1v) is 7.35. The van der Waals surface area contributed by atoms with E-state index in [2.05, 4.69) is 4.98 Å². The van der Waals surface area contributed by atoms with Gasteiger partial charge >= 0.3 is 0 Å². The number of rotatable bonds is 3. The van der Waals surface area contributed by atoms with Gasteiger partial charge in [0.05, 0.1) is 18.1 Å². The predicted octanol–water partition coefficient (Wildman–Crippen LogP) is 2.66. The first kappa shape index (κ1) is 12.6. The summed E-state index contributed by atoms with van der Waals surface area (Å²) >= 11 is 1.96. The van der Waals surface area contributed by atoms with E-state index in [0.717, 1.165) is 12.1 Å². The molecule has 0 radical (unpaired) electrons. The largest absolute Gasteiger partial charge is 0.494 e. The number of nitrogens with two attached hydrogens (primary N) is 1. The molecule has 0 aliphatic carbocycles. The molecule has 0 spiro atoms. The highest BCUT2D eigenvalue weighted by Gasteiger charge is 2.20. The van der Waals surface area contributed by atoms with Crippen molar-refractivity contribution < 1.29 is 9.13 Å². The van der Waals surface area contributed by atoms with Crippen molar-refractivity contribution in [1.82, 2.24) is 9.55 Å². The molecule has 2 heterocycles. The van der Waals surface area contributed by atoms with Gasteiger partial charge in [-0.05, 0) is 18.6 Å². The van der Waals surface area contributed by atoms with E-state index in [0.29, 0.717) is 16.7 Å². The molecule has 1 saturated heterocycles. The molecule has 1 atom stereocenters. The number of fused-ring (bicyclic) bond motifs is 1. The van der Waals surface area contributed by atoms with Gasteiger partial charge in [0.25, 0.3) is 0 Å². The Hall–Kier alpha value is -1.43. The molecule has 102 valence electrons. The normalized spacial score (nSPS) is 19.2. The average Bonchev–Trinajstić information content (AvgIpc) is 2.98. The van der Waals surface area contributed by atoms with Gasteiger partial charge in [-0.2, -0.15) is 11.8 Å². The Labute approximate surface area is 115 Å². The number of benzene rings is 1. The third-order valence-electron chi connectivity index (χ3n) is 3.46. The monoisotopic (exact) mass is 281 g/mol. The molecule has 1 unspecified atom stereocenters. The first-order valence-electron chi connectivity index (χ1n) is 6.30. The molecule has 0 saturated carbocycles. The summed E-state index contributed by atoms with van der Waals surface area (Å²) in [5, 5.41) is 0.566. The highest BCUT2D eigenvalue weighted by Crippen LogP contribution is 2.31. The van der Waals surface area contributed by atoms with Crippen molar-refractivity contribution in [2.24, 2.45) is 0 Å². The van der Waals surface area contributed by atoms with Crippen molar-refractivity contribution in [1.29, 1.82) is 0 Å². The van der Waals surface area contributed by atoms with Crippen LogP contribution >= 0.6 is 11.8 Å². The molecule has 0 bridgehead atoms. The van der Waals surface area contributed by atoms with E-state index in [9.17, 15) is 4.39 Å². The van der Waals surface area contributed by atoms with E-state index in [1.807, 2.05) is 16.3 Å². The zero-order valence-corrected chi connectivity index (χ0v) is 11.5. The summed E-state index contributed by atoms with van der Waals surface area (Å²) in [7, 11) is 1.46. The minimum atomic E-state index is -0.408. The van der Waals surface area contributed by atoms with E-state index in [1.54, 1.807) is 6.07 Å². The topological polar surface area (TPSA) is 53.1 Å². The number of aromatic nitrogens is 2. The molecule has 1 aromatic heterocycles. The summed E-state index contributed by atoms with van der Waals surface area (Å²) < 4.78 is 20.6. The number of ether oxygens (including phenoxy) is 1. The fourth-order valence-corrected chi connectivity index (χ4v) is 3.74. The highest BCUT2D eigenvalue weighted by atomic mass is 32.2. The van der Waals surface area contributed by atoms with Crippen LogP contribution < -0.4 is 10.5 Å². The van der Waals surface area contributed by atoms with Crippen LogP contribution in [-0.2, 0) is 6.54 Å². The van der Waals surface area contributed by atoms with Crippen LogP contribution in [0.5, 0.6) is 5.75 Å². The smallest absolute Gasteiger partial charge is 0.201 e. The summed E-state index contributed by atoms with van der Waals surface area (Å²) in [4.78, 5) is 4.23. The van der Waals surface area contributed by atoms with Gasteiger partial charge in [0.15, 0.2) is 11.6 Å². The fourth-order valence-electron chi connectivity index (χ4n) is 2.49. The van der Waals surface area contributed by atoms with Gasteiger partial charge in [-0.3, -0.25) is 0 Å². The second kappa shape index (κ2) is 4.92. The number of imidazole rings is 1. The molecule has 1 aromatic carbocycles. The number of nitrogens with zero attached hydrogens (tertiary/aromatic N) is 2. The standard InChI is InChI=1S/C13H16FN3OS/c1-18-12-6-11-10(5-9(12)14)16-13(15)17(11)7-8-3-2-4-19-8/h5-6,8H,2-4,7H2,1H3,(H2,15,16). The number of thioether (sulfide) groups is 1.